The van der Waals surface area contributed by atoms with Crippen LogP contribution in [-0.4, -0.2) is 0 Å². The van der Waals surface area contributed by atoms with Crippen molar-refractivity contribution in [1.82, 2.24) is 0 Å². The van der Waals surface area contributed by atoms with Gasteiger partial charge < -0.3 is 4.74 Å². The second-order valence-electron chi connectivity index (χ2n) is 3.44. The van der Waals surface area contributed by atoms with Crippen LogP contribution in [0.4, 0.5) is 8.78 Å². The van der Waals surface area contributed by atoms with Crippen molar-refractivity contribution in [3.05, 3.63) is 51.7 Å². The van der Waals surface area contributed by atoms with E-state index >= 15 is 0 Å². The molecule has 90 valence electrons. The molecule has 0 saturated carbocycles. The molecule has 0 aliphatic carbocycles. The highest BCUT2D eigenvalue weighted by Crippen LogP contribution is 2.25. The molecule has 1 aromatic heterocycles. The van der Waals surface area contributed by atoms with Gasteiger partial charge in [0, 0.05) is 5.88 Å². The van der Waals surface area contributed by atoms with Gasteiger partial charge in [-0.25, -0.2) is 8.78 Å². The smallest absolute Gasteiger partial charge is 0.191 e. The van der Waals surface area contributed by atoms with Gasteiger partial charge in [0.1, 0.15) is 6.61 Å². The normalized spacial score (nSPS) is 10.5. The highest BCUT2D eigenvalue weighted by Gasteiger charge is 2.12. The molecule has 0 aliphatic heterocycles. The number of hydrogen-bond donors (Lipinski definition) is 0. The Bertz CT molecular complexity index is 476. The summed E-state index contributed by atoms with van der Waals surface area (Å²) in [6, 6.07) is 4.20. The topological polar surface area (TPSA) is 9.23 Å². The number of thiophene rings is 1. The summed E-state index contributed by atoms with van der Waals surface area (Å²) in [5.74, 6) is -1.74. The van der Waals surface area contributed by atoms with E-state index in [1.807, 2.05) is 16.8 Å². The standard InChI is InChI=1S/C12H9ClF2OS/c13-5-9-3-10(14)12(11(15)4-9)16-6-8-1-2-17-7-8/h1-4,7H,5-6H2. The molecule has 0 amide bonds. The van der Waals surface area contributed by atoms with Gasteiger partial charge >= 0.3 is 0 Å². The van der Waals surface area contributed by atoms with Crippen LogP contribution < -0.4 is 4.74 Å². The Hall–Kier alpha value is -1.13. The van der Waals surface area contributed by atoms with E-state index in [4.69, 9.17) is 16.3 Å². The quantitative estimate of drug-likeness (QED) is 0.754. The first kappa shape index (κ1) is 12.3. The van der Waals surface area contributed by atoms with Crippen LogP contribution in [-0.2, 0) is 12.5 Å². The van der Waals surface area contributed by atoms with E-state index in [1.165, 1.54) is 23.5 Å². The zero-order valence-corrected chi connectivity index (χ0v) is 10.3. The third-order valence-electron chi connectivity index (χ3n) is 2.18. The van der Waals surface area contributed by atoms with Crippen LogP contribution >= 0.6 is 22.9 Å². The molecule has 1 heterocycles. The lowest BCUT2D eigenvalue weighted by atomic mass is 10.2. The molecule has 0 unspecified atom stereocenters. The molecule has 0 atom stereocenters. The van der Waals surface area contributed by atoms with Crippen molar-refractivity contribution in [1.29, 1.82) is 0 Å². The summed E-state index contributed by atoms with van der Waals surface area (Å²) >= 11 is 7.01. The second-order valence-corrected chi connectivity index (χ2v) is 4.49. The van der Waals surface area contributed by atoms with Gasteiger partial charge in [-0.05, 0) is 40.1 Å². The van der Waals surface area contributed by atoms with E-state index in [2.05, 4.69) is 0 Å². The third kappa shape index (κ3) is 2.96. The first-order valence-electron chi connectivity index (χ1n) is 4.88. The van der Waals surface area contributed by atoms with Gasteiger partial charge in [-0.1, -0.05) is 0 Å². The Morgan fingerprint density at radius 1 is 1.18 bits per heavy atom. The largest absolute Gasteiger partial charge is 0.483 e. The number of hydrogen-bond acceptors (Lipinski definition) is 2. The van der Waals surface area contributed by atoms with Crippen LogP contribution in [0.15, 0.2) is 29.0 Å². The van der Waals surface area contributed by atoms with Crippen LogP contribution in [0.2, 0.25) is 0 Å². The van der Waals surface area contributed by atoms with Crippen molar-refractivity contribution in [2.75, 3.05) is 0 Å². The molecule has 17 heavy (non-hydrogen) atoms. The van der Waals surface area contributed by atoms with Crippen molar-refractivity contribution in [2.24, 2.45) is 0 Å². The highest BCUT2D eigenvalue weighted by atomic mass is 35.5. The van der Waals surface area contributed by atoms with Gasteiger partial charge in [0.15, 0.2) is 17.4 Å². The number of benzene rings is 1. The van der Waals surface area contributed by atoms with Gasteiger partial charge in [-0.3, -0.25) is 0 Å². The van der Waals surface area contributed by atoms with Crippen LogP contribution in [0.1, 0.15) is 11.1 Å². The minimum Gasteiger partial charge on any atom is -0.483 e. The zero-order chi connectivity index (χ0) is 12.3. The Morgan fingerprint density at radius 3 is 2.41 bits per heavy atom. The first-order chi connectivity index (χ1) is 8.20. The number of halogens is 3. The van der Waals surface area contributed by atoms with Crippen molar-refractivity contribution in [3.8, 4) is 5.75 Å². The predicted molar refractivity (Wildman–Crippen MR) is 64.6 cm³/mol. The average molecular weight is 275 g/mol. The summed E-state index contributed by atoms with van der Waals surface area (Å²) in [7, 11) is 0. The summed E-state index contributed by atoms with van der Waals surface area (Å²) in [4.78, 5) is 0. The van der Waals surface area contributed by atoms with Crippen molar-refractivity contribution in [2.45, 2.75) is 12.5 Å². The Kier molecular flexibility index (Phi) is 3.97. The molecule has 1 aromatic carbocycles. The van der Waals surface area contributed by atoms with Crippen LogP contribution in [0.3, 0.4) is 0 Å². The predicted octanol–water partition coefficient (Wildman–Crippen LogP) is 4.34. The third-order valence-corrected chi connectivity index (χ3v) is 3.22. The highest BCUT2D eigenvalue weighted by molar-refractivity contribution is 7.07. The summed E-state index contributed by atoms with van der Waals surface area (Å²) in [6.07, 6.45) is 0. The van der Waals surface area contributed by atoms with Crippen molar-refractivity contribution in [3.63, 3.8) is 0 Å². The fraction of sp³-hybridized carbons (Fsp3) is 0.167. The van der Waals surface area contributed by atoms with E-state index < -0.39 is 11.6 Å². The lowest BCUT2D eigenvalue weighted by Gasteiger charge is -2.08. The molecule has 1 nitrogen and oxygen atoms in total. The summed E-state index contributed by atoms with van der Waals surface area (Å²) < 4.78 is 32.1. The molecule has 5 heteroatoms. The Morgan fingerprint density at radius 2 is 1.88 bits per heavy atom. The summed E-state index contributed by atoms with van der Waals surface area (Å²) in [5, 5.41) is 3.74. The van der Waals surface area contributed by atoms with Crippen LogP contribution in [0.5, 0.6) is 5.75 Å². The van der Waals surface area contributed by atoms with Gasteiger partial charge in [0.2, 0.25) is 0 Å². The minimum absolute atomic E-state index is 0.0681. The molecule has 0 fully saturated rings. The van der Waals surface area contributed by atoms with Gasteiger partial charge in [-0.2, -0.15) is 11.3 Å². The Balaban J connectivity index is 2.15. The Labute approximate surface area is 107 Å². The fourth-order valence-corrected chi connectivity index (χ4v) is 2.17. The zero-order valence-electron chi connectivity index (χ0n) is 8.75. The molecule has 2 rings (SSSR count). The molecule has 0 radical (unpaired) electrons. The molecular formula is C12H9ClF2OS. The number of ether oxygens (including phenoxy) is 1. The van der Waals surface area contributed by atoms with E-state index in [0.29, 0.717) is 5.56 Å². The van der Waals surface area contributed by atoms with E-state index in [-0.39, 0.29) is 18.2 Å². The maximum absolute atomic E-state index is 13.5. The maximum atomic E-state index is 13.5. The molecule has 0 spiro atoms. The first-order valence-corrected chi connectivity index (χ1v) is 6.36. The minimum atomic E-state index is -0.726. The number of alkyl halides is 1. The molecule has 2 aromatic rings. The van der Waals surface area contributed by atoms with Crippen molar-refractivity contribution < 1.29 is 13.5 Å². The average Bonchev–Trinajstić information content (AvgIpc) is 2.80. The monoisotopic (exact) mass is 274 g/mol. The summed E-state index contributed by atoms with van der Waals surface area (Å²) in [6.45, 7) is 0.150. The number of rotatable bonds is 4. The fourth-order valence-electron chi connectivity index (χ4n) is 1.36. The van der Waals surface area contributed by atoms with Gasteiger partial charge in [-0.15, -0.1) is 11.6 Å². The lowest BCUT2D eigenvalue weighted by molar-refractivity contribution is 0.274. The van der Waals surface area contributed by atoms with E-state index in [0.717, 1.165) is 5.56 Å². The van der Waals surface area contributed by atoms with Crippen molar-refractivity contribution >= 4 is 22.9 Å². The van der Waals surface area contributed by atoms with E-state index in [9.17, 15) is 8.78 Å². The SMILES string of the molecule is Fc1cc(CCl)cc(F)c1OCc1ccsc1. The molecule has 0 bridgehead atoms. The maximum Gasteiger partial charge on any atom is 0.191 e. The summed E-state index contributed by atoms with van der Waals surface area (Å²) in [5.41, 5.74) is 1.28. The van der Waals surface area contributed by atoms with E-state index in [1.54, 1.807) is 0 Å². The van der Waals surface area contributed by atoms with Crippen LogP contribution in [0, 0.1) is 11.6 Å². The molecular weight excluding hydrogens is 266 g/mol. The van der Waals surface area contributed by atoms with Crippen LogP contribution in [0.25, 0.3) is 0 Å². The van der Waals surface area contributed by atoms with Gasteiger partial charge in [0.25, 0.3) is 0 Å². The lowest BCUT2D eigenvalue weighted by Crippen LogP contribution is -2.00. The molecule has 0 saturated heterocycles. The molecule has 0 aliphatic rings. The second kappa shape index (κ2) is 5.47. The molecule has 0 N–H and O–H groups in total. The van der Waals surface area contributed by atoms with Gasteiger partial charge in [0.05, 0.1) is 0 Å².